The second kappa shape index (κ2) is 7.79. The Hall–Kier alpha value is -1.59. The molecule has 2 aliphatic heterocycles. The molecule has 0 saturated carbocycles. The van der Waals surface area contributed by atoms with E-state index in [2.05, 4.69) is 28.2 Å². The van der Waals surface area contributed by atoms with Crippen molar-refractivity contribution >= 4 is 17.3 Å². The molecule has 23 heavy (non-hydrogen) atoms. The van der Waals surface area contributed by atoms with E-state index >= 15 is 0 Å². The fourth-order valence-corrected chi connectivity index (χ4v) is 3.56. The molecule has 2 saturated heterocycles. The quantitative estimate of drug-likeness (QED) is 0.925. The molecule has 1 aromatic rings. The lowest BCUT2D eigenvalue weighted by molar-refractivity contribution is -0.117. The van der Waals surface area contributed by atoms with Crippen LogP contribution in [0.3, 0.4) is 0 Å². The summed E-state index contributed by atoms with van der Waals surface area (Å²) >= 11 is 0. The van der Waals surface area contributed by atoms with Crippen molar-refractivity contribution in [2.75, 3.05) is 56.7 Å². The van der Waals surface area contributed by atoms with Crippen LogP contribution in [-0.4, -0.2) is 57.2 Å². The van der Waals surface area contributed by atoms with Crippen molar-refractivity contribution in [3.8, 4) is 0 Å². The molecule has 1 aromatic carbocycles. The number of ether oxygens (including phenoxy) is 1. The molecule has 5 heteroatoms. The molecule has 126 valence electrons. The number of nitrogens with zero attached hydrogens (tertiary/aromatic N) is 2. The number of para-hydroxylation sites is 2. The van der Waals surface area contributed by atoms with Crippen LogP contribution < -0.4 is 10.2 Å². The molecule has 3 rings (SSSR count). The van der Waals surface area contributed by atoms with Gasteiger partial charge in [0.25, 0.3) is 0 Å². The maximum Gasteiger partial charge on any atom is 0.224 e. The van der Waals surface area contributed by atoms with Gasteiger partial charge in [0.05, 0.1) is 24.6 Å². The molecule has 1 N–H and O–H groups in total. The highest BCUT2D eigenvalue weighted by atomic mass is 16.5. The Morgan fingerprint density at radius 2 is 2.04 bits per heavy atom. The van der Waals surface area contributed by atoms with E-state index < -0.39 is 0 Å². The fraction of sp³-hybridized carbons (Fsp3) is 0.611. The average molecular weight is 317 g/mol. The van der Waals surface area contributed by atoms with Crippen LogP contribution in [0, 0.1) is 5.92 Å². The number of carbonyl (C=O) groups is 1. The van der Waals surface area contributed by atoms with E-state index in [0.29, 0.717) is 12.3 Å². The van der Waals surface area contributed by atoms with E-state index in [0.717, 1.165) is 57.2 Å². The van der Waals surface area contributed by atoms with Gasteiger partial charge in [-0.15, -0.1) is 0 Å². The third-order valence-electron chi connectivity index (χ3n) is 4.73. The van der Waals surface area contributed by atoms with Crippen molar-refractivity contribution in [2.24, 2.45) is 5.92 Å². The van der Waals surface area contributed by atoms with Crippen LogP contribution in [0.2, 0.25) is 0 Å². The summed E-state index contributed by atoms with van der Waals surface area (Å²) in [5.41, 5.74) is 2.02. The van der Waals surface area contributed by atoms with E-state index in [9.17, 15) is 4.79 Å². The van der Waals surface area contributed by atoms with Crippen LogP contribution in [0.15, 0.2) is 24.3 Å². The van der Waals surface area contributed by atoms with Gasteiger partial charge in [0.2, 0.25) is 5.91 Å². The number of nitrogens with one attached hydrogen (secondary N) is 1. The lowest BCUT2D eigenvalue weighted by Crippen LogP contribution is -2.37. The Balaban J connectivity index is 1.61. The van der Waals surface area contributed by atoms with Gasteiger partial charge in [-0.2, -0.15) is 0 Å². The van der Waals surface area contributed by atoms with Crippen LogP contribution in [0.1, 0.15) is 19.3 Å². The molecule has 0 radical (unpaired) electrons. The zero-order chi connectivity index (χ0) is 16.1. The summed E-state index contributed by atoms with van der Waals surface area (Å²) in [6, 6.07) is 8.08. The second-order valence-electron chi connectivity index (χ2n) is 6.64. The van der Waals surface area contributed by atoms with Crippen molar-refractivity contribution < 1.29 is 9.53 Å². The number of hydrogen-bond donors (Lipinski definition) is 1. The minimum atomic E-state index is 0.131. The average Bonchev–Trinajstić information content (AvgIpc) is 2.56. The number of rotatable bonds is 4. The first kappa shape index (κ1) is 16.3. The highest BCUT2D eigenvalue weighted by Crippen LogP contribution is 2.27. The standard InChI is InChI=1S/C18H27N3O2/c1-20-8-4-5-15(14-20)13-18(22)19-16-6-2-3-7-17(16)21-9-11-23-12-10-21/h2-3,6-7,15H,4-5,8-14H2,1H3,(H,19,22). The van der Waals surface area contributed by atoms with Crippen molar-refractivity contribution in [1.29, 1.82) is 0 Å². The van der Waals surface area contributed by atoms with E-state index in [1.54, 1.807) is 0 Å². The fourth-order valence-electron chi connectivity index (χ4n) is 3.56. The predicted molar refractivity (Wildman–Crippen MR) is 92.9 cm³/mol. The normalized spacial score (nSPS) is 22.8. The predicted octanol–water partition coefficient (Wildman–Crippen LogP) is 2.19. The molecule has 1 atom stereocenters. The Kier molecular flexibility index (Phi) is 5.51. The number of carbonyl (C=O) groups excluding carboxylic acids is 1. The summed E-state index contributed by atoms with van der Waals surface area (Å²) in [7, 11) is 2.14. The van der Waals surface area contributed by atoms with E-state index in [1.807, 2.05) is 18.2 Å². The summed E-state index contributed by atoms with van der Waals surface area (Å²) in [6.45, 7) is 5.42. The SMILES string of the molecule is CN1CCCC(CC(=O)Nc2ccccc2N2CCOCC2)C1. The molecule has 2 aliphatic rings. The third kappa shape index (κ3) is 4.45. The monoisotopic (exact) mass is 317 g/mol. The van der Waals surface area contributed by atoms with Gasteiger partial charge < -0.3 is 19.9 Å². The van der Waals surface area contributed by atoms with Gasteiger partial charge in [0.15, 0.2) is 0 Å². The Morgan fingerprint density at radius 1 is 1.26 bits per heavy atom. The number of piperidine rings is 1. The van der Waals surface area contributed by atoms with Gasteiger partial charge in [-0.25, -0.2) is 0 Å². The maximum atomic E-state index is 12.4. The van der Waals surface area contributed by atoms with Crippen LogP contribution in [0.5, 0.6) is 0 Å². The summed E-state index contributed by atoms with van der Waals surface area (Å²) in [5, 5.41) is 3.13. The maximum absolute atomic E-state index is 12.4. The van der Waals surface area contributed by atoms with Crippen molar-refractivity contribution in [1.82, 2.24) is 4.90 Å². The Bertz CT molecular complexity index is 529. The lowest BCUT2D eigenvalue weighted by atomic mass is 9.95. The van der Waals surface area contributed by atoms with Gasteiger partial charge in [-0.1, -0.05) is 12.1 Å². The van der Waals surface area contributed by atoms with Crippen molar-refractivity contribution in [3.05, 3.63) is 24.3 Å². The molecule has 2 fully saturated rings. The molecule has 0 spiro atoms. The van der Waals surface area contributed by atoms with Crippen LogP contribution >= 0.6 is 0 Å². The van der Waals surface area contributed by atoms with Crippen molar-refractivity contribution in [2.45, 2.75) is 19.3 Å². The van der Waals surface area contributed by atoms with Gasteiger partial charge in [-0.3, -0.25) is 4.79 Å². The van der Waals surface area contributed by atoms with Gasteiger partial charge in [0.1, 0.15) is 0 Å². The first-order chi connectivity index (χ1) is 11.2. The van der Waals surface area contributed by atoms with Crippen LogP contribution in [0.4, 0.5) is 11.4 Å². The molecule has 0 bridgehead atoms. The topological polar surface area (TPSA) is 44.8 Å². The number of anilines is 2. The third-order valence-corrected chi connectivity index (χ3v) is 4.73. The first-order valence-electron chi connectivity index (χ1n) is 8.62. The molecule has 0 aromatic heterocycles. The summed E-state index contributed by atoms with van der Waals surface area (Å²) in [6.07, 6.45) is 2.96. The zero-order valence-corrected chi connectivity index (χ0v) is 14.0. The van der Waals surface area contributed by atoms with E-state index in [1.165, 1.54) is 6.42 Å². The molecular formula is C18H27N3O2. The van der Waals surface area contributed by atoms with E-state index in [-0.39, 0.29) is 5.91 Å². The largest absolute Gasteiger partial charge is 0.378 e. The molecule has 1 unspecified atom stereocenters. The zero-order valence-electron chi connectivity index (χ0n) is 14.0. The molecule has 5 nitrogen and oxygen atoms in total. The highest BCUT2D eigenvalue weighted by molar-refractivity contribution is 5.94. The van der Waals surface area contributed by atoms with Crippen molar-refractivity contribution in [3.63, 3.8) is 0 Å². The van der Waals surface area contributed by atoms with Gasteiger partial charge in [0, 0.05) is 26.1 Å². The summed E-state index contributed by atoms with van der Waals surface area (Å²) in [5.74, 6) is 0.607. The Labute approximate surface area is 138 Å². The number of morpholine rings is 1. The number of likely N-dealkylation sites (tertiary alicyclic amines) is 1. The van der Waals surface area contributed by atoms with E-state index in [4.69, 9.17) is 4.74 Å². The number of benzene rings is 1. The molecule has 1 amide bonds. The molecule has 0 aliphatic carbocycles. The first-order valence-corrected chi connectivity index (χ1v) is 8.62. The molecule has 2 heterocycles. The van der Waals surface area contributed by atoms with Gasteiger partial charge >= 0.3 is 0 Å². The minimum Gasteiger partial charge on any atom is -0.378 e. The minimum absolute atomic E-state index is 0.131. The smallest absolute Gasteiger partial charge is 0.224 e. The lowest BCUT2D eigenvalue weighted by Gasteiger charge is -2.31. The summed E-state index contributed by atoms with van der Waals surface area (Å²) in [4.78, 5) is 17.1. The highest BCUT2D eigenvalue weighted by Gasteiger charge is 2.21. The molecular weight excluding hydrogens is 290 g/mol. The second-order valence-corrected chi connectivity index (χ2v) is 6.64. The Morgan fingerprint density at radius 3 is 2.83 bits per heavy atom. The van der Waals surface area contributed by atoms with Crippen LogP contribution in [-0.2, 0) is 9.53 Å². The van der Waals surface area contributed by atoms with Gasteiger partial charge in [-0.05, 0) is 44.5 Å². The number of amides is 1. The number of hydrogen-bond acceptors (Lipinski definition) is 4. The van der Waals surface area contributed by atoms with Crippen LogP contribution in [0.25, 0.3) is 0 Å². The summed E-state index contributed by atoms with van der Waals surface area (Å²) < 4.78 is 5.42.